The van der Waals surface area contributed by atoms with Crippen LogP contribution in [0.2, 0.25) is 0 Å². The van der Waals surface area contributed by atoms with E-state index in [1.165, 1.54) is 0 Å². The molecular weight excluding hydrogens is 288 g/mol. The van der Waals surface area contributed by atoms with Gasteiger partial charge in [-0.2, -0.15) is 0 Å². The van der Waals surface area contributed by atoms with Crippen molar-refractivity contribution in [3.63, 3.8) is 0 Å². The van der Waals surface area contributed by atoms with Crippen molar-refractivity contribution < 1.29 is 10.2 Å². The van der Waals surface area contributed by atoms with Gasteiger partial charge in [-0.15, -0.1) is 0 Å². The van der Waals surface area contributed by atoms with Gasteiger partial charge in [0.2, 0.25) is 0 Å². The molecule has 1 heterocycles. The fourth-order valence-corrected chi connectivity index (χ4v) is 2.92. The molecule has 2 aromatic carbocycles. The van der Waals surface area contributed by atoms with Crippen molar-refractivity contribution in [2.45, 2.75) is 19.8 Å². The van der Waals surface area contributed by atoms with Gasteiger partial charge in [-0.25, -0.2) is 0 Å². The zero-order valence-corrected chi connectivity index (χ0v) is 13.5. The van der Waals surface area contributed by atoms with Gasteiger partial charge >= 0.3 is 0 Å². The van der Waals surface area contributed by atoms with Crippen LogP contribution in [-0.4, -0.2) is 22.2 Å². The van der Waals surface area contributed by atoms with Crippen LogP contribution in [-0.2, 0) is 0 Å². The predicted molar refractivity (Wildman–Crippen MR) is 94.1 cm³/mol. The van der Waals surface area contributed by atoms with E-state index in [0.717, 1.165) is 27.7 Å². The van der Waals surface area contributed by atoms with Gasteiger partial charge in [0.1, 0.15) is 11.5 Å². The van der Waals surface area contributed by atoms with Gasteiger partial charge in [0.15, 0.2) is 0 Å². The van der Waals surface area contributed by atoms with Gasteiger partial charge < -0.3 is 15.5 Å². The summed E-state index contributed by atoms with van der Waals surface area (Å²) in [5.41, 5.74) is 4.16. The van der Waals surface area contributed by atoms with Crippen molar-refractivity contribution in [2.75, 3.05) is 12.4 Å². The number of hydrogen-bond acceptors (Lipinski definition) is 4. The summed E-state index contributed by atoms with van der Waals surface area (Å²) in [6, 6.07) is 11.2. The van der Waals surface area contributed by atoms with Crippen LogP contribution in [0.5, 0.6) is 11.5 Å². The topological polar surface area (TPSA) is 65.4 Å². The summed E-state index contributed by atoms with van der Waals surface area (Å²) in [6.45, 7) is 3.88. The van der Waals surface area contributed by atoms with E-state index in [2.05, 4.69) is 10.3 Å². The van der Waals surface area contributed by atoms with E-state index in [0.29, 0.717) is 5.56 Å². The van der Waals surface area contributed by atoms with Gasteiger partial charge in [-0.05, 0) is 47.4 Å². The van der Waals surface area contributed by atoms with E-state index in [9.17, 15) is 10.2 Å². The second-order valence-corrected chi connectivity index (χ2v) is 5.92. The fourth-order valence-electron chi connectivity index (χ4n) is 2.92. The van der Waals surface area contributed by atoms with E-state index >= 15 is 0 Å². The maximum Gasteiger partial charge on any atom is 0.123 e. The van der Waals surface area contributed by atoms with Gasteiger partial charge in [0.05, 0.1) is 5.52 Å². The Labute approximate surface area is 135 Å². The van der Waals surface area contributed by atoms with Crippen LogP contribution in [0.15, 0.2) is 42.6 Å². The number of anilines is 1. The van der Waals surface area contributed by atoms with Crippen LogP contribution < -0.4 is 5.32 Å². The van der Waals surface area contributed by atoms with E-state index in [-0.39, 0.29) is 17.4 Å². The average Bonchev–Trinajstić information content (AvgIpc) is 2.52. The third kappa shape index (κ3) is 2.68. The zero-order valence-electron chi connectivity index (χ0n) is 13.5. The van der Waals surface area contributed by atoms with Gasteiger partial charge in [-0.3, -0.25) is 4.98 Å². The van der Waals surface area contributed by atoms with E-state index in [4.69, 9.17) is 0 Å². The highest BCUT2D eigenvalue weighted by Crippen LogP contribution is 2.39. The molecule has 4 heteroatoms. The van der Waals surface area contributed by atoms with E-state index < -0.39 is 0 Å². The van der Waals surface area contributed by atoms with E-state index in [1.807, 2.05) is 45.2 Å². The Balaban J connectivity index is 2.17. The first-order chi connectivity index (χ1) is 11.0. The Morgan fingerprint density at radius 2 is 1.65 bits per heavy atom. The van der Waals surface area contributed by atoms with Gasteiger partial charge in [0.25, 0.3) is 0 Å². The van der Waals surface area contributed by atoms with Crippen LogP contribution in [0.3, 0.4) is 0 Å². The fraction of sp³-hybridized carbons (Fsp3) is 0.211. The summed E-state index contributed by atoms with van der Waals surface area (Å²) in [4.78, 5) is 4.36. The number of benzene rings is 2. The lowest BCUT2D eigenvalue weighted by molar-refractivity contribution is 0.434. The second kappa shape index (κ2) is 5.80. The lowest BCUT2D eigenvalue weighted by Gasteiger charge is -2.14. The van der Waals surface area contributed by atoms with Crippen molar-refractivity contribution in [1.82, 2.24) is 4.98 Å². The first-order valence-electron chi connectivity index (χ1n) is 7.64. The molecule has 0 spiro atoms. The molecule has 118 valence electrons. The van der Waals surface area contributed by atoms with Crippen LogP contribution in [0.1, 0.15) is 25.3 Å². The molecule has 3 rings (SSSR count). The maximum absolute atomic E-state index is 10.2. The Morgan fingerprint density at radius 3 is 2.26 bits per heavy atom. The summed E-state index contributed by atoms with van der Waals surface area (Å²) in [6.07, 6.45) is 1.77. The molecule has 4 nitrogen and oxygen atoms in total. The highest BCUT2D eigenvalue weighted by molar-refractivity contribution is 5.94. The average molecular weight is 308 g/mol. The van der Waals surface area contributed by atoms with Gasteiger partial charge in [-0.1, -0.05) is 19.9 Å². The van der Waals surface area contributed by atoms with Crippen molar-refractivity contribution >= 4 is 16.6 Å². The molecular formula is C19H20N2O2. The highest BCUT2D eigenvalue weighted by Gasteiger charge is 2.14. The molecule has 0 unspecified atom stereocenters. The molecule has 0 atom stereocenters. The molecule has 0 radical (unpaired) electrons. The van der Waals surface area contributed by atoms with Gasteiger partial charge in [0, 0.05) is 29.9 Å². The van der Waals surface area contributed by atoms with Crippen LogP contribution >= 0.6 is 0 Å². The van der Waals surface area contributed by atoms with Crippen molar-refractivity contribution in [1.29, 1.82) is 0 Å². The number of nitrogens with one attached hydrogen (secondary N) is 1. The number of aromatic nitrogens is 1. The molecule has 0 saturated carbocycles. The third-order valence-electron chi connectivity index (χ3n) is 4.06. The molecule has 1 aromatic heterocycles. The minimum atomic E-state index is 0.0562. The summed E-state index contributed by atoms with van der Waals surface area (Å²) in [5.74, 6) is 0.297. The lowest BCUT2D eigenvalue weighted by Crippen LogP contribution is -1.92. The maximum atomic E-state index is 10.2. The molecule has 0 fully saturated rings. The van der Waals surface area contributed by atoms with E-state index in [1.54, 1.807) is 18.3 Å². The van der Waals surface area contributed by atoms with Crippen molar-refractivity contribution in [2.24, 2.45) is 0 Å². The molecule has 0 aliphatic carbocycles. The van der Waals surface area contributed by atoms with Crippen molar-refractivity contribution in [3.8, 4) is 22.6 Å². The SMILES string of the molecule is CNc1ccnc2ccc(-c3cc(O)c(C(C)C)c(O)c3)cc12. The largest absolute Gasteiger partial charge is 0.507 e. The predicted octanol–water partition coefficient (Wildman–Crippen LogP) is 4.48. The normalized spacial score (nSPS) is 11.1. The minimum Gasteiger partial charge on any atom is -0.507 e. The molecule has 23 heavy (non-hydrogen) atoms. The zero-order chi connectivity index (χ0) is 16.6. The Kier molecular flexibility index (Phi) is 3.82. The molecule has 0 aliphatic rings. The minimum absolute atomic E-state index is 0.0562. The molecule has 0 bridgehead atoms. The summed E-state index contributed by atoms with van der Waals surface area (Å²) < 4.78 is 0. The first kappa shape index (κ1) is 15.2. The summed E-state index contributed by atoms with van der Waals surface area (Å²) in [5, 5.41) is 24.6. The summed E-state index contributed by atoms with van der Waals surface area (Å²) in [7, 11) is 1.87. The number of rotatable bonds is 3. The summed E-state index contributed by atoms with van der Waals surface area (Å²) >= 11 is 0. The number of phenols is 2. The molecule has 3 aromatic rings. The first-order valence-corrected chi connectivity index (χ1v) is 7.64. The number of fused-ring (bicyclic) bond motifs is 1. The molecule has 3 N–H and O–H groups in total. The third-order valence-corrected chi connectivity index (χ3v) is 4.06. The number of hydrogen-bond donors (Lipinski definition) is 3. The standard InChI is InChI=1S/C19H20N2O2/c1-11(2)19-17(22)9-13(10-18(19)23)12-4-5-16-14(8-12)15(20-3)6-7-21-16/h4-11,22-23H,1-3H3,(H,20,21). The number of phenolic OH excluding ortho intramolecular Hbond substituents is 2. The molecule has 0 amide bonds. The monoisotopic (exact) mass is 308 g/mol. The Bertz CT molecular complexity index is 849. The lowest BCUT2D eigenvalue weighted by atomic mass is 9.95. The number of pyridine rings is 1. The second-order valence-electron chi connectivity index (χ2n) is 5.92. The van der Waals surface area contributed by atoms with Crippen LogP contribution in [0.25, 0.3) is 22.0 Å². The molecule has 0 aliphatic heterocycles. The van der Waals surface area contributed by atoms with Crippen LogP contribution in [0, 0.1) is 0 Å². The Morgan fingerprint density at radius 1 is 0.957 bits per heavy atom. The number of aromatic hydroxyl groups is 2. The van der Waals surface area contributed by atoms with Crippen molar-refractivity contribution in [3.05, 3.63) is 48.2 Å². The molecule has 0 saturated heterocycles. The quantitative estimate of drug-likeness (QED) is 0.667. The number of nitrogens with zero attached hydrogens (tertiary/aromatic N) is 1. The Hall–Kier alpha value is -2.75. The van der Waals surface area contributed by atoms with Crippen LogP contribution in [0.4, 0.5) is 5.69 Å². The smallest absolute Gasteiger partial charge is 0.123 e. The highest BCUT2D eigenvalue weighted by atomic mass is 16.3.